The van der Waals surface area contributed by atoms with Crippen molar-refractivity contribution in [1.29, 1.82) is 0 Å². The van der Waals surface area contributed by atoms with Gasteiger partial charge in [-0.2, -0.15) is 0 Å². The van der Waals surface area contributed by atoms with E-state index in [1.165, 1.54) is 19.3 Å². The number of amides is 3. The number of hydrogen-bond donors (Lipinski definition) is 2. The van der Waals surface area contributed by atoms with Crippen LogP contribution < -0.4 is 11.1 Å². The van der Waals surface area contributed by atoms with Crippen molar-refractivity contribution in [3.8, 4) is 0 Å². The summed E-state index contributed by atoms with van der Waals surface area (Å²) in [6.07, 6.45) is 7.24. The summed E-state index contributed by atoms with van der Waals surface area (Å²) in [6.45, 7) is -0.454. The van der Waals surface area contributed by atoms with E-state index in [9.17, 15) is 14.4 Å². The number of nitrogens with one attached hydrogen (secondary N) is 1. The maximum atomic E-state index is 12.1. The number of esters is 1. The molecular formula is C15H21BrN2O4. The number of primary amides is 1. The molecule has 0 aromatic heterocycles. The third kappa shape index (κ3) is 3.29. The van der Waals surface area contributed by atoms with Gasteiger partial charge in [0.15, 0.2) is 6.61 Å². The van der Waals surface area contributed by atoms with Crippen molar-refractivity contribution in [3.63, 3.8) is 0 Å². The maximum absolute atomic E-state index is 12.1. The van der Waals surface area contributed by atoms with E-state index in [2.05, 4.69) is 15.9 Å². The smallest absolute Gasteiger partial charge is 0.318 e. The first-order valence-corrected chi connectivity index (χ1v) is 8.51. The molecule has 0 heterocycles. The second-order valence-corrected chi connectivity index (χ2v) is 9.04. The van der Waals surface area contributed by atoms with Crippen molar-refractivity contribution < 1.29 is 19.1 Å². The van der Waals surface area contributed by atoms with Gasteiger partial charge in [0.2, 0.25) is 0 Å². The standard InChI is InChI=1S/C15H21BrN2O4/c16-15-4-9-1-10(5-15)3-14(2-9,8-15)6-12(20)22-7-11(19)18-13(17)21/h9-10H,1-8H2,(H3,17,18,19,21)/t9-,10-,14?,15?/m1/s1. The van der Waals surface area contributed by atoms with Crippen molar-refractivity contribution in [2.24, 2.45) is 23.0 Å². The van der Waals surface area contributed by atoms with E-state index in [0.717, 1.165) is 19.3 Å². The van der Waals surface area contributed by atoms with Crippen molar-refractivity contribution in [3.05, 3.63) is 0 Å². The Balaban J connectivity index is 1.55. The summed E-state index contributed by atoms with van der Waals surface area (Å²) in [7, 11) is 0. The molecule has 0 saturated heterocycles. The molecule has 0 radical (unpaired) electrons. The molecule has 0 aliphatic heterocycles. The van der Waals surface area contributed by atoms with Crippen LogP contribution in [0, 0.1) is 17.3 Å². The van der Waals surface area contributed by atoms with E-state index in [0.29, 0.717) is 18.3 Å². The Morgan fingerprint density at radius 3 is 2.36 bits per heavy atom. The highest BCUT2D eigenvalue weighted by Gasteiger charge is 2.57. The fourth-order valence-electron chi connectivity index (χ4n) is 5.22. The number of carbonyl (C=O) groups excluding carboxylic acids is 3. The summed E-state index contributed by atoms with van der Waals surface area (Å²) in [6, 6.07) is -0.941. The van der Waals surface area contributed by atoms with Crippen LogP contribution in [0.25, 0.3) is 0 Å². The van der Waals surface area contributed by atoms with Gasteiger partial charge in [0, 0.05) is 4.32 Å². The molecule has 0 aromatic rings. The molecule has 4 aliphatic carbocycles. The lowest BCUT2D eigenvalue weighted by Gasteiger charge is -2.60. The number of nitrogens with two attached hydrogens (primary N) is 1. The minimum Gasteiger partial charge on any atom is -0.456 e. The van der Waals surface area contributed by atoms with Crippen molar-refractivity contribution in [1.82, 2.24) is 5.32 Å². The minimum atomic E-state index is -0.941. The van der Waals surface area contributed by atoms with Crippen LogP contribution in [0.1, 0.15) is 44.9 Å². The average Bonchev–Trinajstić information content (AvgIpc) is 2.31. The second-order valence-electron chi connectivity index (χ2n) is 7.36. The molecular weight excluding hydrogens is 352 g/mol. The van der Waals surface area contributed by atoms with Crippen molar-refractivity contribution in [2.75, 3.05) is 6.61 Å². The van der Waals surface area contributed by atoms with Crippen molar-refractivity contribution >= 4 is 33.8 Å². The molecule has 4 bridgehead atoms. The van der Waals surface area contributed by atoms with Gasteiger partial charge >= 0.3 is 12.0 Å². The number of hydrogen-bond acceptors (Lipinski definition) is 4. The normalized spacial score (nSPS) is 38.6. The number of halogens is 1. The maximum Gasteiger partial charge on any atom is 0.318 e. The quantitative estimate of drug-likeness (QED) is 0.580. The van der Waals surface area contributed by atoms with Gasteiger partial charge in [0.25, 0.3) is 5.91 Å². The van der Waals surface area contributed by atoms with Gasteiger partial charge in [-0.1, -0.05) is 15.9 Å². The average molecular weight is 373 g/mol. The second kappa shape index (κ2) is 5.51. The first kappa shape index (κ1) is 15.8. The van der Waals surface area contributed by atoms with Crippen LogP contribution in [0.4, 0.5) is 4.79 Å². The summed E-state index contributed by atoms with van der Waals surface area (Å²) < 4.78 is 5.20. The van der Waals surface area contributed by atoms with Gasteiger partial charge < -0.3 is 10.5 Å². The summed E-state index contributed by atoms with van der Waals surface area (Å²) in [5, 5.41) is 1.88. The molecule has 3 N–H and O–H groups in total. The monoisotopic (exact) mass is 372 g/mol. The number of alkyl halides is 1. The zero-order valence-electron chi connectivity index (χ0n) is 12.4. The number of carbonyl (C=O) groups is 3. The fraction of sp³-hybridized carbons (Fsp3) is 0.800. The largest absolute Gasteiger partial charge is 0.456 e. The Labute approximate surface area is 137 Å². The zero-order chi connectivity index (χ0) is 16.0. The predicted molar refractivity (Wildman–Crippen MR) is 82.1 cm³/mol. The first-order valence-electron chi connectivity index (χ1n) is 7.71. The molecule has 4 aliphatic rings. The number of rotatable bonds is 4. The van der Waals surface area contributed by atoms with Gasteiger partial charge in [0.05, 0.1) is 6.42 Å². The van der Waals surface area contributed by atoms with Crippen LogP contribution in [0.3, 0.4) is 0 Å². The van der Waals surface area contributed by atoms with Gasteiger partial charge in [-0.15, -0.1) is 0 Å². The predicted octanol–water partition coefficient (Wildman–Crippen LogP) is 1.85. The molecule has 2 atom stereocenters. The number of urea groups is 1. The highest BCUT2D eigenvalue weighted by atomic mass is 79.9. The Morgan fingerprint density at radius 2 is 1.82 bits per heavy atom. The third-order valence-corrected chi connectivity index (χ3v) is 6.18. The van der Waals surface area contributed by atoms with Crippen molar-refractivity contribution in [2.45, 2.75) is 49.3 Å². The minimum absolute atomic E-state index is 0.0187. The highest BCUT2D eigenvalue weighted by Crippen LogP contribution is 2.65. The van der Waals surface area contributed by atoms with Gasteiger partial charge in [-0.25, -0.2) is 4.79 Å². The van der Waals surface area contributed by atoms with Crippen LogP contribution in [0.2, 0.25) is 0 Å². The number of imide groups is 1. The Hall–Kier alpha value is -1.11. The third-order valence-electron chi connectivity index (χ3n) is 5.26. The molecule has 3 amide bonds. The fourth-order valence-corrected chi connectivity index (χ4v) is 6.73. The van der Waals surface area contributed by atoms with Crippen LogP contribution in [-0.2, 0) is 14.3 Å². The van der Waals surface area contributed by atoms with E-state index in [1.54, 1.807) is 0 Å². The SMILES string of the molecule is NC(=O)NC(=O)COC(=O)CC12C[C@H]3C[C@@H](CC(Br)(C3)C1)C2. The van der Waals surface area contributed by atoms with E-state index in [-0.39, 0.29) is 15.7 Å². The summed E-state index contributed by atoms with van der Waals surface area (Å²) >= 11 is 3.90. The lowest BCUT2D eigenvalue weighted by atomic mass is 9.49. The molecule has 4 saturated carbocycles. The first-order chi connectivity index (χ1) is 10.3. The molecule has 4 fully saturated rings. The lowest BCUT2D eigenvalue weighted by molar-refractivity contribution is -0.154. The molecule has 0 unspecified atom stereocenters. The lowest BCUT2D eigenvalue weighted by Crippen LogP contribution is -2.53. The Morgan fingerprint density at radius 1 is 1.18 bits per heavy atom. The van der Waals surface area contributed by atoms with Gasteiger partial charge in [0.1, 0.15) is 0 Å². The van der Waals surface area contributed by atoms with Crippen LogP contribution in [0.15, 0.2) is 0 Å². The van der Waals surface area contributed by atoms with E-state index in [4.69, 9.17) is 10.5 Å². The molecule has 4 rings (SSSR count). The van der Waals surface area contributed by atoms with E-state index < -0.39 is 18.5 Å². The molecule has 7 heteroatoms. The highest BCUT2D eigenvalue weighted by molar-refractivity contribution is 9.10. The van der Waals surface area contributed by atoms with Crippen LogP contribution in [0.5, 0.6) is 0 Å². The molecule has 0 aromatic carbocycles. The van der Waals surface area contributed by atoms with Crippen LogP contribution >= 0.6 is 15.9 Å². The Kier molecular flexibility index (Phi) is 3.95. The zero-order valence-corrected chi connectivity index (χ0v) is 14.0. The topological polar surface area (TPSA) is 98.5 Å². The molecule has 0 spiro atoms. The van der Waals surface area contributed by atoms with Crippen LogP contribution in [-0.4, -0.2) is 28.8 Å². The van der Waals surface area contributed by atoms with E-state index >= 15 is 0 Å². The summed E-state index contributed by atoms with van der Waals surface area (Å²) in [5.74, 6) is 0.346. The molecule has 122 valence electrons. The number of ether oxygens (including phenoxy) is 1. The summed E-state index contributed by atoms with van der Waals surface area (Å²) in [4.78, 5) is 33.9. The van der Waals surface area contributed by atoms with Gasteiger partial charge in [-0.3, -0.25) is 14.9 Å². The Bertz CT molecular complexity index is 508. The molecule has 6 nitrogen and oxygen atoms in total. The van der Waals surface area contributed by atoms with E-state index in [1.807, 2.05) is 5.32 Å². The molecule has 22 heavy (non-hydrogen) atoms. The summed E-state index contributed by atoms with van der Waals surface area (Å²) in [5.41, 5.74) is 4.85. The van der Waals surface area contributed by atoms with Gasteiger partial charge in [-0.05, 0) is 55.8 Å².